The molecule has 8 heteroatoms. The molecule has 1 aromatic heterocycles. The summed E-state index contributed by atoms with van der Waals surface area (Å²) < 4.78 is 33.7. The zero-order chi connectivity index (χ0) is 20.1. The summed E-state index contributed by atoms with van der Waals surface area (Å²) in [6.07, 6.45) is 5.00. The van der Waals surface area contributed by atoms with Crippen LogP contribution in [0.3, 0.4) is 0 Å². The Hall–Kier alpha value is -2.45. The lowest BCUT2D eigenvalue weighted by molar-refractivity contribution is -0.115. The number of piperidine rings is 1. The van der Waals surface area contributed by atoms with Crippen molar-refractivity contribution in [2.75, 3.05) is 18.4 Å². The number of nitrogens with zero attached hydrogens (tertiary/aromatic N) is 2. The Morgan fingerprint density at radius 3 is 2.71 bits per heavy atom. The number of hydrogen-bond donors (Lipinski definition) is 1. The first-order chi connectivity index (χ1) is 13.4. The molecule has 2 aromatic rings. The van der Waals surface area contributed by atoms with Crippen LogP contribution in [0.4, 0.5) is 5.69 Å². The molecule has 1 fully saturated rings. The molecule has 0 aliphatic carbocycles. The molecule has 1 aromatic carbocycles. The molecule has 1 atom stereocenters. The SMILES string of the molecule is CCC(=O)Nc1ccc(S(=O)(=O)N2CCCC(Oc3ccncc3)C2)c(C)c1. The van der Waals surface area contributed by atoms with Gasteiger partial charge in [0.05, 0.1) is 11.4 Å². The monoisotopic (exact) mass is 403 g/mol. The molecule has 0 bridgehead atoms. The van der Waals surface area contributed by atoms with Gasteiger partial charge in [-0.3, -0.25) is 9.78 Å². The molecule has 1 aliphatic heterocycles. The van der Waals surface area contributed by atoms with Crippen molar-refractivity contribution in [3.05, 3.63) is 48.3 Å². The van der Waals surface area contributed by atoms with E-state index in [1.54, 1.807) is 56.6 Å². The van der Waals surface area contributed by atoms with Gasteiger partial charge in [0.1, 0.15) is 11.9 Å². The van der Waals surface area contributed by atoms with E-state index in [-0.39, 0.29) is 16.9 Å². The number of benzene rings is 1. The number of amides is 1. The third-order valence-corrected chi connectivity index (χ3v) is 6.72. The van der Waals surface area contributed by atoms with Crippen molar-refractivity contribution in [1.82, 2.24) is 9.29 Å². The molecule has 150 valence electrons. The highest BCUT2D eigenvalue weighted by atomic mass is 32.2. The van der Waals surface area contributed by atoms with Crippen LogP contribution >= 0.6 is 0 Å². The minimum absolute atomic E-state index is 0.109. The molecule has 3 rings (SSSR count). The zero-order valence-corrected chi connectivity index (χ0v) is 16.9. The fourth-order valence-electron chi connectivity index (χ4n) is 3.23. The van der Waals surface area contributed by atoms with E-state index in [1.165, 1.54) is 4.31 Å². The zero-order valence-electron chi connectivity index (χ0n) is 16.1. The number of hydrogen-bond acceptors (Lipinski definition) is 5. The Labute approximate surface area is 165 Å². The third kappa shape index (κ3) is 4.69. The van der Waals surface area contributed by atoms with Gasteiger partial charge in [-0.2, -0.15) is 4.31 Å². The van der Waals surface area contributed by atoms with Crippen LogP contribution in [0, 0.1) is 6.92 Å². The number of aromatic nitrogens is 1. The fraction of sp³-hybridized carbons (Fsp3) is 0.400. The van der Waals surface area contributed by atoms with Gasteiger partial charge in [-0.1, -0.05) is 6.92 Å². The fourth-order valence-corrected chi connectivity index (χ4v) is 4.95. The van der Waals surface area contributed by atoms with Gasteiger partial charge in [0, 0.05) is 31.0 Å². The molecular weight excluding hydrogens is 378 g/mol. The van der Waals surface area contributed by atoms with Crippen LogP contribution in [0.5, 0.6) is 5.75 Å². The molecule has 1 amide bonds. The van der Waals surface area contributed by atoms with Crippen LogP contribution in [-0.4, -0.2) is 42.8 Å². The molecular formula is C20H25N3O4S. The third-order valence-electron chi connectivity index (χ3n) is 4.69. The summed E-state index contributed by atoms with van der Waals surface area (Å²) in [6, 6.07) is 8.41. The van der Waals surface area contributed by atoms with Crippen molar-refractivity contribution in [3.63, 3.8) is 0 Å². The molecule has 0 radical (unpaired) electrons. The summed E-state index contributed by atoms with van der Waals surface area (Å²) >= 11 is 0. The number of ether oxygens (including phenoxy) is 1. The van der Waals surface area contributed by atoms with Crippen molar-refractivity contribution >= 4 is 21.6 Å². The maximum absolute atomic E-state index is 13.2. The van der Waals surface area contributed by atoms with E-state index >= 15 is 0 Å². The summed E-state index contributed by atoms with van der Waals surface area (Å²) in [5, 5.41) is 2.75. The smallest absolute Gasteiger partial charge is 0.243 e. The lowest BCUT2D eigenvalue weighted by Crippen LogP contribution is -2.44. The second-order valence-corrected chi connectivity index (χ2v) is 8.72. The quantitative estimate of drug-likeness (QED) is 0.801. The average Bonchev–Trinajstić information content (AvgIpc) is 2.68. The van der Waals surface area contributed by atoms with Gasteiger partial charge in [-0.15, -0.1) is 0 Å². The summed E-state index contributed by atoms with van der Waals surface area (Å²) in [5.41, 5.74) is 1.20. The highest BCUT2D eigenvalue weighted by Crippen LogP contribution is 2.27. The van der Waals surface area contributed by atoms with Crippen LogP contribution in [0.1, 0.15) is 31.7 Å². The second-order valence-electron chi connectivity index (χ2n) is 6.81. The minimum atomic E-state index is -3.64. The van der Waals surface area contributed by atoms with E-state index in [0.717, 1.165) is 12.8 Å². The Morgan fingerprint density at radius 1 is 1.29 bits per heavy atom. The van der Waals surface area contributed by atoms with Gasteiger partial charge in [-0.25, -0.2) is 8.42 Å². The van der Waals surface area contributed by atoms with Crippen LogP contribution in [0.25, 0.3) is 0 Å². The van der Waals surface area contributed by atoms with Gasteiger partial charge in [0.2, 0.25) is 15.9 Å². The first-order valence-corrected chi connectivity index (χ1v) is 10.8. The molecule has 1 saturated heterocycles. The maximum Gasteiger partial charge on any atom is 0.243 e. The molecule has 0 spiro atoms. The van der Waals surface area contributed by atoms with E-state index in [1.807, 2.05) is 0 Å². The van der Waals surface area contributed by atoms with Crippen molar-refractivity contribution in [3.8, 4) is 5.75 Å². The number of aryl methyl sites for hydroxylation is 1. The summed E-state index contributed by atoms with van der Waals surface area (Å²) in [7, 11) is -3.64. The summed E-state index contributed by atoms with van der Waals surface area (Å²) in [4.78, 5) is 15.8. The number of anilines is 1. The standard InChI is InChI=1S/C20H25N3O4S/c1-3-20(24)22-16-6-7-19(15(2)13-16)28(25,26)23-12-4-5-18(14-23)27-17-8-10-21-11-9-17/h6-11,13,18H,3-5,12,14H2,1-2H3,(H,22,24). The van der Waals surface area contributed by atoms with Crippen molar-refractivity contribution in [2.45, 2.75) is 44.1 Å². The van der Waals surface area contributed by atoms with E-state index in [4.69, 9.17) is 4.74 Å². The van der Waals surface area contributed by atoms with Crippen LogP contribution in [0.15, 0.2) is 47.6 Å². The number of sulfonamides is 1. The highest BCUT2D eigenvalue weighted by molar-refractivity contribution is 7.89. The van der Waals surface area contributed by atoms with Gasteiger partial charge >= 0.3 is 0 Å². The predicted molar refractivity (Wildman–Crippen MR) is 107 cm³/mol. The van der Waals surface area contributed by atoms with Gasteiger partial charge in [0.15, 0.2) is 0 Å². The number of pyridine rings is 1. The molecule has 1 aliphatic rings. The Bertz CT molecular complexity index is 932. The Balaban J connectivity index is 1.75. The van der Waals surface area contributed by atoms with Crippen molar-refractivity contribution in [2.24, 2.45) is 0 Å². The van der Waals surface area contributed by atoms with Gasteiger partial charge in [-0.05, 0) is 55.7 Å². The number of carbonyl (C=O) groups is 1. The minimum Gasteiger partial charge on any atom is -0.489 e. The van der Waals surface area contributed by atoms with E-state index < -0.39 is 10.0 Å². The number of carbonyl (C=O) groups excluding carboxylic acids is 1. The summed E-state index contributed by atoms with van der Waals surface area (Å²) in [6.45, 7) is 4.27. The van der Waals surface area contributed by atoms with Crippen molar-refractivity contribution < 1.29 is 17.9 Å². The number of nitrogens with one attached hydrogen (secondary N) is 1. The second kappa shape index (κ2) is 8.70. The van der Waals surface area contributed by atoms with E-state index in [9.17, 15) is 13.2 Å². The molecule has 1 N–H and O–H groups in total. The summed E-state index contributed by atoms with van der Waals surface area (Å²) in [5.74, 6) is 0.577. The molecule has 2 heterocycles. The molecule has 7 nitrogen and oxygen atoms in total. The molecule has 28 heavy (non-hydrogen) atoms. The predicted octanol–water partition coefficient (Wildman–Crippen LogP) is 2.97. The Kier molecular flexibility index (Phi) is 6.31. The average molecular weight is 404 g/mol. The van der Waals surface area contributed by atoms with Gasteiger partial charge in [0.25, 0.3) is 0 Å². The van der Waals surface area contributed by atoms with E-state index in [0.29, 0.717) is 36.5 Å². The first kappa shape index (κ1) is 20.3. The lowest BCUT2D eigenvalue weighted by atomic mass is 10.1. The van der Waals surface area contributed by atoms with Crippen LogP contribution in [-0.2, 0) is 14.8 Å². The van der Waals surface area contributed by atoms with Crippen molar-refractivity contribution in [1.29, 1.82) is 0 Å². The molecule has 0 saturated carbocycles. The molecule has 1 unspecified atom stereocenters. The topological polar surface area (TPSA) is 88.6 Å². The normalized spacial score (nSPS) is 17.9. The lowest BCUT2D eigenvalue weighted by Gasteiger charge is -2.32. The number of rotatable bonds is 6. The van der Waals surface area contributed by atoms with Crippen LogP contribution in [0.2, 0.25) is 0 Å². The maximum atomic E-state index is 13.2. The highest BCUT2D eigenvalue weighted by Gasteiger charge is 2.32. The van der Waals surface area contributed by atoms with Crippen LogP contribution < -0.4 is 10.1 Å². The largest absolute Gasteiger partial charge is 0.489 e. The van der Waals surface area contributed by atoms with Gasteiger partial charge < -0.3 is 10.1 Å². The van der Waals surface area contributed by atoms with E-state index in [2.05, 4.69) is 10.3 Å². The Morgan fingerprint density at radius 2 is 2.04 bits per heavy atom. The first-order valence-electron chi connectivity index (χ1n) is 9.37.